The van der Waals surface area contributed by atoms with Crippen molar-refractivity contribution in [2.75, 3.05) is 16.8 Å². The fraction of sp³-hybridized carbons (Fsp3) is 0.0909. The van der Waals surface area contributed by atoms with Gasteiger partial charge in [0.25, 0.3) is 11.8 Å². The van der Waals surface area contributed by atoms with Crippen molar-refractivity contribution in [1.29, 1.82) is 0 Å². The van der Waals surface area contributed by atoms with Crippen molar-refractivity contribution in [2.45, 2.75) is 6.92 Å². The van der Waals surface area contributed by atoms with Gasteiger partial charge in [0, 0.05) is 33.5 Å². The number of halogens is 1. The Morgan fingerprint density at radius 2 is 1.44 bits per heavy atom. The number of rotatable bonds is 5. The average molecular weight is 423 g/mol. The normalized spacial score (nSPS) is 10.3. The van der Waals surface area contributed by atoms with Crippen molar-refractivity contribution in [2.24, 2.45) is 0 Å². The molecule has 0 radical (unpaired) electrons. The van der Waals surface area contributed by atoms with Crippen molar-refractivity contribution in [3.05, 3.63) is 94.5 Å². The Morgan fingerprint density at radius 3 is 2.04 bits per heavy atom. The van der Waals surface area contributed by atoms with Crippen molar-refractivity contribution in [3.8, 4) is 0 Å². The molecule has 136 valence electrons. The van der Waals surface area contributed by atoms with Crippen LogP contribution in [0.25, 0.3) is 0 Å². The van der Waals surface area contributed by atoms with Crippen molar-refractivity contribution >= 4 is 39.1 Å². The highest BCUT2D eigenvalue weighted by atomic mass is 79.9. The Bertz CT molecular complexity index is 923. The summed E-state index contributed by atoms with van der Waals surface area (Å²) in [7, 11) is 0. The molecule has 0 atom stereocenters. The predicted molar refractivity (Wildman–Crippen MR) is 112 cm³/mol. The van der Waals surface area contributed by atoms with Gasteiger partial charge in [0.15, 0.2) is 0 Å². The lowest BCUT2D eigenvalue weighted by Gasteiger charge is -2.21. The van der Waals surface area contributed by atoms with Gasteiger partial charge in [0.05, 0.1) is 0 Å². The number of carbonyl (C=O) groups is 2. The molecule has 0 unspecified atom stereocenters. The number of para-hydroxylation sites is 1. The summed E-state index contributed by atoms with van der Waals surface area (Å²) < 4.78 is 0.917. The third-order valence-corrected chi connectivity index (χ3v) is 4.65. The number of nitrogens with zero attached hydrogens (tertiary/aromatic N) is 1. The molecule has 0 bridgehead atoms. The number of hydrogen-bond donors (Lipinski definition) is 1. The van der Waals surface area contributed by atoms with Crippen LogP contribution < -0.4 is 10.2 Å². The zero-order valence-electron chi connectivity index (χ0n) is 14.9. The summed E-state index contributed by atoms with van der Waals surface area (Å²) in [6, 6.07) is 23.6. The molecule has 0 spiro atoms. The summed E-state index contributed by atoms with van der Waals surface area (Å²) in [4.78, 5) is 26.8. The molecule has 0 aliphatic carbocycles. The summed E-state index contributed by atoms with van der Waals surface area (Å²) >= 11 is 3.35. The van der Waals surface area contributed by atoms with Crippen molar-refractivity contribution in [3.63, 3.8) is 0 Å². The minimum absolute atomic E-state index is 0.0745. The van der Waals surface area contributed by atoms with E-state index < -0.39 is 0 Å². The largest absolute Gasteiger partial charge is 0.322 e. The van der Waals surface area contributed by atoms with E-state index in [1.165, 1.54) is 0 Å². The number of hydrogen-bond acceptors (Lipinski definition) is 2. The maximum atomic E-state index is 12.8. The minimum atomic E-state index is -0.193. The molecular weight excluding hydrogens is 404 g/mol. The first-order valence-corrected chi connectivity index (χ1v) is 9.41. The predicted octanol–water partition coefficient (Wildman–Crippen LogP) is 5.37. The second-order valence-electron chi connectivity index (χ2n) is 5.92. The van der Waals surface area contributed by atoms with E-state index in [0.29, 0.717) is 23.4 Å². The lowest BCUT2D eigenvalue weighted by molar-refractivity contribution is 0.0987. The molecule has 5 heteroatoms. The highest BCUT2D eigenvalue weighted by Crippen LogP contribution is 2.19. The molecule has 0 fully saturated rings. The topological polar surface area (TPSA) is 49.4 Å². The number of anilines is 2. The SMILES string of the molecule is CCN(C(=O)c1ccc(NC(=O)c2ccc(Br)cc2)cc1)c1ccccc1. The van der Waals surface area contributed by atoms with Crippen LogP contribution in [0.4, 0.5) is 11.4 Å². The third-order valence-electron chi connectivity index (χ3n) is 4.13. The van der Waals surface area contributed by atoms with Gasteiger partial charge in [-0.15, -0.1) is 0 Å². The molecule has 0 aromatic heterocycles. The maximum Gasteiger partial charge on any atom is 0.258 e. The zero-order valence-corrected chi connectivity index (χ0v) is 16.4. The number of carbonyl (C=O) groups excluding carboxylic acids is 2. The molecule has 2 amide bonds. The van der Waals surface area contributed by atoms with E-state index in [1.807, 2.05) is 49.4 Å². The number of benzene rings is 3. The van der Waals surface area contributed by atoms with E-state index in [4.69, 9.17) is 0 Å². The van der Waals surface area contributed by atoms with Crippen LogP contribution in [0.1, 0.15) is 27.6 Å². The smallest absolute Gasteiger partial charge is 0.258 e. The first-order chi connectivity index (χ1) is 13.1. The first kappa shape index (κ1) is 18.9. The highest BCUT2D eigenvalue weighted by molar-refractivity contribution is 9.10. The Labute approximate surface area is 167 Å². The van der Waals surface area contributed by atoms with E-state index in [0.717, 1.165) is 10.2 Å². The summed E-state index contributed by atoms with van der Waals surface area (Å²) in [6.07, 6.45) is 0. The van der Waals surface area contributed by atoms with E-state index in [-0.39, 0.29) is 11.8 Å². The molecule has 1 N–H and O–H groups in total. The molecule has 0 aliphatic heterocycles. The second-order valence-corrected chi connectivity index (χ2v) is 6.84. The average Bonchev–Trinajstić information content (AvgIpc) is 2.70. The van der Waals surface area contributed by atoms with Gasteiger partial charge in [-0.3, -0.25) is 9.59 Å². The lowest BCUT2D eigenvalue weighted by Crippen LogP contribution is -2.30. The standard InChI is InChI=1S/C22H19BrN2O2/c1-2-25(20-6-4-3-5-7-20)22(27)17-10-14-19(15-11-17)24-21(26)16-8-12-18(23)13-9-16/h3-15H,2H2,1H3,(H,24,26). The summed E-state index contributed by atoms with van der Waals surface area (Å²) in [6.45, 7) is 2.52. The Kier molecular flexibility index (Phi) is 6.04. The van der Waals surface area contributed by atoms with Gasteiger partial charge in [-0.05, 0) is 67.6 Å². The monoisotopic (exact) mass is 422 g/mol. The van der Waals surface area contributed by atoms with E-state index >= 15 is 0 Å². The molecule has 0 saturated carbocycles. The molecule has 3 aromatic carbocycles. The van der Waals surface area contributed by atoms with Gasteiger partial charge >= 0.3 is 0 Å². The summed E-state index contributed by atoms with van der Waals surface area (Å²) in [5.41, 5.74) is 2.64. The highest BCUT2D eigenvalue weighted by Gasteiger charge is 2.16. The van der Waals surface area contributed by atoms with Crippen molar-refractivity contribution in [1.82, 2.24) is 0 Å². The molecule has 4 nitrogen and oxygen atoms in total. The van der Waals surface area contributed by atoms with Crippen LogP contribution in [0.2, 0.25) is 0 Å². The first-order valence-electron chi connectivity index (χ1n) is 8.62. The molecule has 3 rings (SSSR count). The number of nitrogens with one attached hydrogen (secondary N) is 1. The Morgan fingerprint density at radius 1 is 0.852 bits per heavy atom. The Hall–Kier alpha value is -2.92. The van der Waals surface area contributed by atoms with E-state index in [1.54, 1.807) is 41.3 Å². The van der Waals surface area contributed by atoms with Gasteiger partial charge in [-0.1, -0.05) is 34.1 Å². The lowest BCUT2D eigenvalue weighted by atomic mass is 10.1. The fourth-order valence-electron chi connectivity index (χ4n) is 2.71. The van der Waals surface area contributed by atoms with Gasteiger partial charge in [-0.25, -0.2) is 0 Å². The fourth-order valence-corrected chi connectivity index (χ4v) is 2.97. The van der Waals surface area contributed by atoms with Gasteiger partial charge in [-0.2, -0.15) is 0 Å². The van der Waals surface area contributed by atoms with E-state index in [9.17, 15) is 9.59 Å². The summed E-state index contributed by atoms with van der Waals surface area (Å²) in [5.74, 6) is -0.268. The molecule has 0 heterocycles. The van der Waals surface area contributed by atoms with Gasteiger partial charge < -0.3 is 10.2 Å². The quantitative estimate of drug-likeness (QED) is 0.600. The molecule has 27 heavy (non-hydrogen) atoms. The van der Waals surface area contributed by atoms with Crippen LogP contribution in [0.3, 0.4) is 0 Å². The zero-order chi connectivity index (χ0) is 19.2. The van der Waals surface area contributed by atoms with Crippen LogP contribution in [0, 0.1) is 0 Å². The van der Waals surface area contributed by atoms with Crippen molar-refractivity contribution < 1.29 is 9.59 Å². The maximum absolute atomic E-state index is 12.8. The van der Waals surface area contributed by atoms with Gasteiger partial charge in [0.2, 0.25) is 0 Å². The van der Waals surface area contributed by atoms with Crippen LogP contribution in [-0.2, 0) is 0 Å². The number of amides is 2. The second kappa shape index (κ2) is 8.64. The van der Waals surface area contributed by atoms with Crippen LogP contribution in [0.15, 0.2) is 83.3 Å². The molecule has 0 aliphatic rings. The van der Waals surface area contributed by atoms with Crippen LogP contribution in [0.5, 0.6) is 0 Å². The third kappa shape index (κ3) is 4.63. The minimum Gasteiger partial charge on any atom is -0.322 e. The van der Waals surface area contributed by atoms with Crippen LogP contribution >= 0.6 is 15.9 Å². The Balaban J connectivity index is 1.71. The van der Waals surface area contributed by atoms with Gasteiger partial charge in [0.1, 0.15) is 0 Å². The molecule has 3 aromatic rings. The summed E-state index contributed by atoms with van der Waals surface area (Å²) in [5, 5.41) is 2.84. The molecular formula is C22H19BrN2O2. The van der Waals surface area contributed by atoms with Crippen LogP contribution in [-0.4, -0.2) is 18.4 Å². The van der Waals surface area contributed by atoms with E-state index in [2.05, 4.69) is 21.2 Å². The molecule has 0 saturated heterocycles.